The van der Waals surface area contributed by atoms with Gasteiger partial charge in [0.2, 0.25) is 15.9 Å². The predicted molar refractivity (Wildman–Crippen MR) is 101 cm³/mol. The van der Waals surface area contributed by atoms with Gasteiger partial charge in [-0.05, 0) is 68.0 Å². The molecule has 1 saturated heterocycles. The van der Waals surface area contributed by atoms with E-state index in [4.69, 9.17) is 5.73 Å². The van der Waals surface area contributed by atoms with Gasteiger partial charge >= 0.3 is 6.18 Å². The highest BCUT2D eigenvalue weighted by atomic mass is 32.2. The highest BCUT2D eigenvalue weighted by Gasteiger charge is 2.50. The number of amides is 1. The lowest BCUT2D eigenvalue weighted by Crippen LogP contribution is -2.56. The van der Waals surface area contributed by atoms with Crippen molar-refractivity contribution in [3.8, 4) is 0 Å². The zero-order chi connectivity index (χ0) is 21.6. The van der Waals surface area contributed by atoms with Crippen LogP contribution in [0.1, 0.15) is 32.3 Å². The molecule has 1 aromatic carbocycles. The molecule has 6 nitrogen and oxygen atoms in total. The number of nitrogens with one attached hydrogen (secondary N) is 1. The summed E-state index contributed by atoms with van der Waals surface area (Å²) < 4.78 is 66.9. The Kier molecular flexibility index (Phi) is 5.99. The summed E-state index contributed by atoms with van der Waals surface area (Å²) in [5.74, 6) is -0.791. The second-order valence-corrected chi connectivity index (χ2v) is 10.0. The van der Waals surface area contributed by atoms with E-state index in [0.717, 1.165) is 37.2 Å². The van der Waals surface area contributed by atoms with Crippen LogP contribution in [0.15, 0.2) is 29.2 Å². The topological polar surface area (TPSA) is 92.5 Å². The Morgan fingerprint density at radius 2 is 1.79 bits per heavy atom. The molecule has 1 heterocycles. The molecule has 1 aliphatic carbocycles. The molecule has 0 aromatic heterocycles. The van der Waals surface area contributed by atoms with Gasteiger partial charge in [-0.1, -0.05) is 13.8 Å². The molecule has 2 fully saturated rings. The minimum absolute atomic E-state index is 0.0415. The average molecular weight is 433 g/mol. The number of fused-ring (bicyclic) bond motifs is 1. The number of nitrogens with two attached hydrogens (primary N) is 1. The molecule has 3 unspecified atom stereocenters. The highest BCUT2D eigenvalue weighted by molar-refractivity contribution is 7.89. The first-order chi connectivity index (χ1) is 13.4. The van der Waals surface area contributed by atoms with Crippen molar-refractivity contribution in [3.05, 3.63) is 29.8 Å². The first-order valence-corrected chi connectivity index (χ1v) is 11.1. The largest absolute Gasteiger partial charge is 0.416 e. The van der Waals surface area contributed by atoms with Gasteiger partial charge in [-0.25, -0.2) is 8.42 Å². The summed E-state index contributed by atoms with van der Waals surface area (Å²) in [6, 6.07) is 1.88. The fraction of sp³-hybridized carbons (Fsp3) is 0.632. The molecule has 3 N–H and O–H groups in total. The summed E-state index contributed by atoms with van der Waals surface area (Å²) in [5.41, 5.74) is 4.66. The molecule has 162 valence electrons. The molecular formula is C19H26F3N3O3S. The van der Waals surface area contributed by atoms with Gasteiger partial charge in [-0.3, -0.25) is 4.79 Å². The van der Waals surface area contributed by atoms with Crippen molar-refractivity contribution >= 4 is 15.9 Å². The minimum atomic E-state index is -4.57. The highest BCUT2D eigenvalue weighted by Crippen LogP contribution is 2.41. The van der Waals surface area contributed by atoms with Crippen LogP contribution < -0.4 is 11.1 Å². The first kappa shape index (κ1) is 22.0. The lowest BCUT2D eigenvalue weighted by molar-refractivity contribution is -0.137. The van der Waals surface area contributed by atoms with Crippen molar-refractivity contribution in [1.29, 1.82) is 0 Å². The van der Waals surface area contributed by atoms with Crippen LogP contribution in [-0.4, -0.2) is 43.8 Å². The van der Waals surface area contributed by atoms with Crippen LogP contribution in [-0.2, 0) is 21.0 Å². The lowest BCUT2D eigenvalue weighted by atomic mass is 9.95. The smallest absolute Gasteiger partial charge is 0.368 e. The fourth-order valence-electron chi connectivity index (χ4n) is 4.65. The van der Waals surface area contributed by atoms with Crippen molar-refractivity contribution in [2.75, 3.05) is 13.1 Å². The summed E-state index contributed by atoms with van der Waals surface area (Å²) >= 11 is 0. The van der Waals surface area contributed by atoms with E-state index >= 15 is 0 Å². The zero-order valence-corrected chi connectivity index (χ0v) is 17.1. The van der Waals surface area contributed by atoms with E-state index in [1.54, 1.807) is 13.8 Å². The Labute approximate surface area is 168 Å². The van der Waals surface area contributed by atoms with Crippen LogP contribution in [0.25, 0.3) is 0 Å². The quantitative estimate of drug-likeness (QED) is 0.720. The standard InChI is InChI=1S/C19H26F3N3O3S/c1-11(2)17(18(23)26)25(16-8-3-12-9-24-10-15(12)16)29(27,28)14-6-4-13(5-7-14)19(20,21)22/h4-7,11-12,15-17,24H,3,8-10H2,1-2H3,(H2,23,26)/t12?,15?,16?,17-/m0/s1. The van der Waals surface area contributed by atoms with Gasteiger partial charge < -0.3 is 11.1 Å². The summed E-state index contributed by atoms with van der Waals surface area (Å²) in [6.07, 6.45) is -3.15. The van der Waals surface area contributed by atoms with Gasteiger partial charge in [0.15, 0.2) is 0 Å². The van der Waals surface area contributed by atoms with Crippen LogP contribution in [0.5, 0.6) is 0 Å². The third-order valence-electron chi connectivity index (χ3n) is 6.00. The first-order valence-electron chi connectivity index (χ1n) is 9.65. The molecule has 4 atom stereocenters. The van der Waals surface area contributed by atoms with E-state index in [0.29, 0.717) is 18.9 Å². The Hall–Kier alpha value is -1.65. The number of carbonyl (C=O) groups excluding carboxylic acids is 1. The van der Waals surface area contributed by atoms with E-state index < -0.39 is 39.8 Å². The Balaban J connectivity index is 2.06. The summed E-state index contributed by atoms with van der Waals surface area (Å²) in [6.45, 7) is 4.85. The lowest BCUT2D eigenvalue weighted by Gasteiger charge is -2.38. The maximum absolute atomic E-state index is 13.5. The maximum Gasteiger partial charge on any atom is 0.416 e. The number of benzene rings is 1. The molecule has 1 aliphatic heterocycles. The normalized spacial score (nSPS) is 26.1. The van der Waals surface area contributed by atoms with E-state index in [-0.39, 0.29) is 16.7 Å². The summed E-state index contributed by atoms with van der Waals surface area (Å²) in [5, 5.41) is 3.26. The molecule has 1 amide bonds. The molecule has 0 bridgehead atoms. The number of hydrogen-bond donors (Lipinski definition) is 2. The van der Waals surface area contributed by atoms with Gasteiger partial charge in [0, 0.05) is 6.04 Å². The summed E-state index contributed by atoms with van der Waals surface area (Å²) in [7, 11) is -4.24. The predicted octanol–water partition coefficient (Wildman–Crippen LogP) is 2.20. The minimum Gasteiger partial charge on any atom is -0.368 e. The molecule has 3 rings (SSSR count). The monoisotopic (exact) mass is 433 g/mol. The Morgan fingerprint density at radius 3 is 2.31 bits per heavy atom. The van der Waals surface area contributed by atoms with Gasteiger partial charge in [0.1, 0.15) is 6.04 Å². The van der Waals surface area contributed by atoms with Gasteiger partial charge in [0.05, 0.1) is 10.5 Å². The SMILES string of the molecule is CC(C)[C@@H](C(N)=O)N(C1CCC2CNCC21)S(=O)(=O)c1ccc(C(F)(F)F)cc1. The van der Waals surface area contributed by atoms with E-state index in [2.05, 4.69) is 5.32 Å². The molecule has 0 radical (unpaired) electrons. The number of hydrogen-bond acceptors (Lipinski definition) is 4. The van der Waals surface area contributed by atoms with Gasteiger partial charge in [-0.15, -0.1) is 0 Å². The molecule has 29 heavy (non-hydrogen) atoms. The van der Waals surface area contributed by atoms with E-state index in [1.807, 2.05) is 0 Å². The number of carbonyl (C=O) groups is 1. The van der Waals surface area contributed by atoms with Crippen molar-refractivity contribution in [2.45, 2.75) is 49.8 Å². The molecule has 0 spiro atoms. The van der Waals surface area contributed by atoms with Crippen molar-refractivity contribution in [1.82, 2.24) is 9.62 Å². The number of sulfonamides is 1. The zero-order valence-electron chi connectivity index (χ0n) is 16.3. The molecule has 2 aliphatic rings. The Morgan fingerprint density at radius 1 is 1.17 bits per heavy atom. The third-order valence-corrected chi connectivity index (χ3v) is 7.92. The number of rotatable bonds is 6. The van der Waals surface area contributed by atoms with Gasteiger partial charge in [-0.2, -0.15) is 17.5 Å². The van der Waals surface area contributed by atoms with Crippen molar-refractivity contribution in [2.24, 2.45) is 23.5 Å². The van der Waals surface area contributed by atoms with Crippen LogP contribution in [0, 0.1) is 17.8 Å². The average Bonchev–Trinajstić information content (AvgIpc) is 3.22. The van der Waals surface area contributed by atoms with E-state index in [9.17, 15) is 26.4 Å². The summed E-state index contributed by atoms with van der Waals surface area (Å²) in [4.78, 5) is 12.0. The van der Waals surface area contributed by atoms with Crippen molar-refractivity contribution in [3.63, 3.8) is 0 Å². The number of halogens is 3. The van der Waals surface area contributed by atoms with Crippen LogP contribution >= 0.6 is 0 Å². The maximum atomic E-state index is 13.5. The van der Waals surface area contributed by atoms with Crippen molar-refractivity contribution < 1.29 is 26.4 Å². The molecule has 1 aromatic rings. The third kappa shape index (κ3) is 4.15. The van der Waals surface area contributed by atoms with Gasteiger partial charge in [0.25, 0.3) is 0 Å². The fourth-order valence-corrected chi connectivity index (χ4v) is 6.64. The van der Waals surface area contributed by atoms with Crippen LogP contribution in [0.3, 0.4) is 0 Å². The van der Waals surface area contributed by atoms with Crippen LogP contribution in [0.2, 0.25) is 0 Å². The van der Waals surface area contributed by atoms with Crippen LogP contribution in [0.4, 0.5) is 13.2 Å². The molecular weight excluding hydrogens is 407 g/mol. The van der Waals surface area contributed by atoms with E-state index in [1.165, 1.54) is 4.31 Å². The number of alkyl halides is 3. The Bertz CT molecular complexity index is 856. The second kappa shape index (κ2) is 7.88. The second-order valence-electron chi connectivity index (χ2n) is 8.18. The number of primary amides is 1. The molecule has 1 saturated carbocycles. The number of nitrogens with zero attached hydrogens (tertiary/aromatic N) is 1. The molecule has 10 heteroatoms.